The second-order valence-corrected chi connectivity index (χ2v) is 12.6. The van der Waals surface area contributed by atoms with E-state index < -0.39 is 29.4 Å². The van der Waals surface area contributed by atoms with Gasteiger partial charge >= 0.3 is 12.1 Å². The number of hydrogen-bond donors (Lipinski definition) is 2. The lowest BCUT2D eigenvalue weighted by Gasteiger charge is -2.33. The number of anilines is 1. The lowest BCUT2D eigenvalue weighted by molar-refractivity contribution is -0.142. The number of nitrogens with one attached hydrogen (secondary N) is 1. The van der Waals surface area contributed by atoms with Gasteiger partial charge in [-0.3, -0.25) is 4.79 Å². The predicted molar refractivity (Wildman–Crippen MR) is 141 cm³/mol. The number of rotatable bonds is 4. The summed E-state index contributed by atoms with van der Waals surface area (Å²) in [5.41, 5.74) is -1.20. The van der Waals surface area contributed by atoms with Crippen molar-refractivity contribution in [2.75, 3.05) is 5.32 Å². The first-order valence-corrected chi connectivity index (χ1v) is 13.7. The molecule has 1 atom stereocenters. The van der Waals surface area contributed by atoms with Crippen molar-refractivity contribution >= 4 is 56.8 Å². The van der Waals surface area contributed by atoms with Crippen LogP contribution in [0.3, 0.4) is 0 Å². The zero-order valence-electron chi connectivity index (χ0n) is 20.4. The van der Waals surface area contributed by atoms with Gasteiger partial charge in [-0.15, -0.1) is 22.7 Å². The van der Waals surface area contributed by atoms with Crippen LogP contribution in [0.5, 0.6) is 0 Å². The number of fused-ring (bicyclic) bond motifs is 2. The second-order valence-electron chi connectivity index (χ2n) is 10.2. The normalized spacial score (nSPS) is 16.0. The molecule has 0 aliphatic heterocycles. The van der Waals surface area contributed by atoms with E-state index in [0.29, 0.717) is 33.7 Å². The van der Waals surface area contributed by atoms with Crippen LogP contribution in [0.25, 0.3) is 16.2 Å². The Morgan fingerprint density at radius 1 is 1.26 bits per heavy atom. The molecule has 0 radical (unpaired) electrons. The summed E-state index contributed by atoms with van der Waals surface area (Å²) in [6.45, 7) is 6.40. The van der Waals surface area contributed by atoms with Gasteiger partial charge in [-0.05, 0) is 53.7 Å². The molecule has 1 amide bonds. The second kappa shape index (κ2) is 9.35. The lowest BCUT2D eigenvalue weighted by Crippen LogP contribution is -2.26. The van der Waals surface area contributed by atoms with Crippen LogP contribution < -0.4 is 5.32 Å². The fourth-order valence-corrected chi connectivity index (χ4v) is 6.94. The zero-order chi connectivity index (χ0) is 27.6. The fourth-order valence-electron chi connectivity index (χ4n) is 4.69. The van der Waals surface area contributed by atoms with E-state index in [2.05, 4.69) is 36.2 Å². The highest BCUT2D eigenvalue weighted by Gasteiger charge is 2.38. The van der Waals surface area contributed by atoms with E-state index in [-0.39, 0.29) is 32.3 Å². The first-order chi connectivity index (χ1) is 17.8. The molecule has 5 rings (SSSR count). The third-order valence-corrected chi connectivity index (χ3v) is 9.15. The Labute approximate surface area is 228 Å². The number of carbonyl (C=O) groups excluding carboxylic acids is 1. The molecule has 0 spiro atoms. The van der Waals surface area contributed by atoms with Gasteiger partial charge in [0, 0.05) is 4.88 Å². The molecular weight excluding hydrogens is 561 g/mol. The van der Waals surface area contributed by atoms with Crippen molar-refractivity contribution in [3.05, 3.63) is 56.0 Å². The summed E-state index contributed by atoms with van der Waals surface area (Å²) >= 11 is 8.74. The molecule has 200 valence electrons. The van der Waals surface area contributed by atoms with Crippen LogP contribution in [-0.4, -0.2) is 31.6 Å². The van der Waals surface area contributed by atoms with E-state index in [0.717, 1.165) is 17.4 Å². The Morgan fingerprint density at radius 3 is 2.61 bits per heavy atom. The van der Waals surface area contributed by atoms with Crippen molar-refractivity contribution in [1.29, 1.82) is 0 Å². The SMILES string of the molecule is CC(C)(C)C1CCc2c(sc(NC(=O)c3nn4c(C(F)(F)F)cc(-c5cccs5)nc4c3Cl)c2C(=O)O)C1. The summed E-state index contributed by atoms with van der Waals surface area (Å²) in [7, 11) is 0. The van der Waals surface area contributed by atoms with Crippen LogP contribution in [0.4, 0.5) is 18.2 Å². The molecule has 2 N–H and O–H groups in total. The summed E-state index contributed by atoms with van der Waals surface area (Å²) in [6, 6.07) is 4.16. The highest BCUT2D eigenvalue weighted by Crippen LogP contribution is 2.44. The molecule has 0 fully saturated rings. The van der Waals surface area contributed by atoms with Crippen LogP contribution in [0, 0.1) is 11.3 Å². The Bertz CT molecular complexity index is 1570. The minimum Gasteiger partial charge on any atom is -0.478 e. The molecule has 4 heterocycles. The molecule has 0 saturated carbocycles. The molecule has 1 unspecified atom stereocenters. The maximum Gasteiger partial charge on any atom is 0.433 e. The number of carbonyl (C=O) groups is 2. The van der Waals surface area contributed by atoms with Crippen molar-refractivity contribution in [1.82, 2.24) is 14.6 Å². The number of hydrogen-bond acceptors (Lipinski definition) is 6. The number of alkyl halides is 3. The largest absolute Gasteiger partial charge is 0.478 e. The molecule has 1 aliphatic carbocycles. The van der Waals surface area contributed by atoms with Crippen molar-refractivity contribution in [2.24, 2.45) is 11.3 Å². The summed E-state index contributed by atoms with van der Waals surface area (Å²) < 4.78 is 42.3. The first kappa shape index (κ1) is 26.6. The average molecular weight is 583 g/mol. The standard InChI is InChI=1S/C25H22ClF3N4O3S2/c1-24(2,3)11-6-7-12-15(9-11)38-22(17(12)23(35)36)31-21(34)19-18(26)20-30-13(14-5-4-8-37-14)10-16(25(27,28)29)33(20)32-19/h4-5,8,10-11H,6-7,9H2,1-3H3,(H,31,34)(H,35,36). The third-order valence-electron chi connectivity index (χ3n) is 6.74. The van der Waals surface area contributed by atoms with Crippen molar-refractivity contribution in [3.63, 3.8) is 0 Å². The lowest BCUT2D eigenvalue weighted by atomic mass is 9.72. The quantitative estimate of drug-likeness (QED) is 0.263. The van der Waals surface area contributed by atoms with Crippen LogP contribution in [-0.2, 0) is 19.0 Å². The van der Waals surface area contributed by atoms with Crippen LogP contribution in [0.15, 0.2) is 23.6 Å². The molecule has 4 aromatic rings. The van der Waals surface area contributed by atoms with Gasteiger partial charge in [0.05, 0.1) is 16.1 Å². The van der Waals surface area contributed by atoms with E-state index in [9.17, 15) is 27.9 Å². The van der Waals surface area contributed by atoms with Crippen molar-refractivity contribution in [2.45, 2.75) is 46.2 Å². The Kier molecular flexibility index (Phi) is 6.56. The van der Waals surface area contributed by atoms with Gasteiger partial charge in [0.2, 0.25) is 0 Å². The Balaban J connectivity index is 1.55. The van der Waals surface area contributed by atoms with Crippen molar-refractivity contribution in [3.8, 4) is 10.6 Å². The minimum absolute atomic E-state index is 0.000294. The Hall–Kier alpha value is -2.96. The minimum atomic E-state index is -4.80. The first-order valence-electron chi connectivity index (χ1n) is 11.6. The number of amides is 1. The van der Waals surface area contributed by atoms with Gasteiger partial charge in [-0.1, -0.05) is 38.4 Å². The van der Waals surface area contributed by atoms with Gasteiger partial charge in [0.15, 0.2) is 17.0 Å². The third kappa shape index (κ3) is 4.69. The summed E-state index contributed by atoms with van der Waals surface area (Å²) in [4.78, 5) is 31.0. The molecule has 0 aromatic carbocycles. The summed E-state index contributed by atoms with van der Waals surface area (Å²) in [5, 5.41) is 17.8. The number of carboxylic acids is 1. The molecule has 13 heteroatoms. The number of nitrogens with zero attached hydrogens (tertiary/aromatic N) is 3. The smallest absolute Gasteiger partial charge is 0.433 e. The average Bonchev–Trinajstić information content (AvgIpc) is 3.54. The molecule has 4 aromatic heterocycles. The van der Waals surface area contributed by atoms with Gasteiger partial charge in [-0.25, -0.2) is 14.3 Å². The molecule has 0 saturated heterocycles. The van der Waals surface area contributed by atoms with Crippen LogP contribution in [0.1, 0.15) is 64.2 Å². The predicted octanol–water partition coefficient (Wildman–Crippen LogP) is 7.29. The fraction of sp³-hybridized carbons (Fsp3) is 0.360. The molecular formula is C25H22ClF3N4O3S2. The van der Waals surface area contributed by atoms with E-state index in [1.54, 1.807) is 17.5 Å². The number of aromatic carboxylic acids is 1. The van der Waals surface area contributed by atoms with Gasteiger partial charge in [0.1, 0.15) is 10.0 Å². The molecule has 38 heavy (non-hydrogen) atoms. The maximum atomic E-state index is 13.9. The number of halogens is 4. The molecule has 7 nitrogen and oxygen atoms in total. The van der Waals surface area contributed by atoms with Gasteiger partial charge < -0.3 is 10.4 Å². The molecule has 1 aliphatic rings. The summed E-state index contributed by atoms with van der Waals surface area (Å²) in [5.74, 6) is -1.76. The number of thiophene rings is 2. The van der Waals surface area contributed by atoms with Crippen LogP contribution >= 0.6 is 34.3 Å². The number of carboxylic acid groups (broad SMARTS) is 1. The maximum absolute atomic E-state index is 13.9. The van der Waals surface area contributed by atoms with E-state index in [1.807, 2.05) is 0 Å². The number of aromatic nitrogens is 3. The topological polar surface area (TPSA) is 96.6 Å². The van der Waals surface area contributed by atoms with E-state index in [4.69, 9.17) is 11.6 Å². The van der Waals surface area contributed by atoms with Crippen molar-refractivity contribution < 1.29 is 27.9 Å². The summed E-state index contributed by atoms with van der Waals surface area (Å²) in [6.07, 6.45) is -2.75. The van der Waals surface area contributed by atoms with Gasteiger partial charge in [-0.2, -0.15) is 18.3 Å². The highest BCUT2D eigenvalue weighted by molar-refractivity contribution is 7.17. The van der Waals surface area contributed by atoms with Crippen LogP contribution in [0.2, 0.25) is 5.02 Å². The Morgan fingerprint density at radius 2 is 2.00 bits per heavy atom. The van der Waals surface area contributed by atoms with Gasteiger partial charge in [0.25, 0.3) is 5.91 Å². The van der Waals surface area contributed by atoms with E-state index >= 15 is 0 Å². The molecule has 0 bridgehead atoms. The highest BCUT2D eigenvalue weighted by atomic mass is 35.5. The zero-order valence-corrected chi connectivity index (χ0v) is 22.8. The monoisotopic (exact) mass is 582 g/mol. The van der Waals surface area contributed by atoms with E-state index in [1.165, 1.54) is 22.7 Å².